The molecule has 0 unspecified atom stereocenters. The summed E-state index contributed by atoms with van der Waals surface area (Å²) >= 11 is 3.25. The summed E-state index contributed by atoms with van der Waals surface area (Å²) in [6, 6.07) is 3.79. The van der Waals surface area contributed by atoms with Crippen LogP contribution in [0, 0.1) is 0 Å². The second-order valence-electron chi connectivity index (χ2n) is 3.92. The fraction of sp³-hybridized carbons (Fsp3) is 0.600. The summed E-state index contributed by atoms with van der Waals surface area (Å²) in [7, 11) is 0. The average molecular weight is 262 g/mol. The van der Waals surface area contributed by atoms with Crippen LogP contribution in [-0.2, 0) is 6.54 Å². The third-order valence-corrected chi connectivity index (χ3v) is 2.53. The highest BCUT2D eigenvalue weighted by atomic mass is 79.9. The molecule has 4 heteroatoms. The molecular weight excluding hydrogens is 246 g/mol. The van der Waals surface area contributed by atoms with Gasteiger partial charge < -0.3 is 14.8 Å². The van der Waals surface area contributed by atoms with E-state index in [2.05, 4.69) is 35.1 Å². The number of hydrogen-bond donors (Lipinski definition) is 2. The maximum absolute atomic E-state index is 8.83. The summed E-state index contributed by atoms with van der Waals surface area (Å²) < 4.78 is 6.09. The first-order valence-corrected chi connectivity index (χ1v) is 5.43. The van der Waals surface area contributed by atoms with E-state index in [-0.39, 0.29) is 12.1 Å². The first kappa shape index (κ1) is 11.8. The van der Waals surface area contributed by atoms with Gasteiger partial charge in [-0.05, 0) is 48.3 Å². The van der Waals surface area contributed by atoms with E-state index in [1.54, 1.807) is 0 Å². The number of furan rings is 1. The Morgan fingerprint density at radius 2 is 2.21 bits per heavy atom. The largest absolute Gasteiger partial charge is 0.453 e. The molecule has 2 N–H and O–H groups in total. The van der Waals surface area contributed by atoms with Gasteiger partial charge in [0.2, 0.25) is 0 Å². The van der Waals surface area contributed by atoms with E-state index in [1.165, 1.54) is 0 Å². The third kappa shape index (κ3) is 3.82. The Kier molecular flexibility index (Phi) is 4.16. The number of halogens is 1. The monoisotopic (exact) mass is 261 g/mol. The van der Waals surface area contributed by atoms with Crippen LogP contribution in [0.1, 0.15) is 26.0 Å². The Hall–Kier alpha value is -0.320. The van der Waals surface area contributed by atoms with Gasteiger partial charge in [-0.15, -0.1) is 0 Å². The fourth-order valence-corrected chi connectivity index (χ4v) is 1.48. The Bertz CT molecular complexity index is 283. The molecule has 1 heterocycles. The lowest BCUT2D eigenvalue weighted by atomic mass is 10.0. The zero-order valence-corrected chi connectivity index (χ0v) is 10.1. The van der Waals surface area contributed by atoms with Crippen molar-refractivity contribution in [3.63, 3.8) is 0 Å². The summed E-state index contributed by atoms with van der Waals surface area (Å²) in [5.74, 6) is 0.892. The molecule has 1 aromatic heterocycles. The predicted molar refractivity (Wildman–Crippen MR) is 59.0 cm³/mol. The van der Waals surface area contributed by atoms with Gasteiger partial charge in [-0.25, -0.2) is 0 Å². The van der Waals surface area contributed by atoms with E-state index >= 15 is 0 Å². The fourth-order valence-electron chi connectivity index (χ4n) is 1.14. The van der Waals surface area contributed by atoms with Crippen LogP contribution in [0.5, 0.6) is 0 Å². The normalized spacial score (nSPS) is 12.0. The molecular formula is C10H16BrNO2. The van der Waals surface area contributed by atoms with Gasteiger partial charge >= 0.3 is 0 Å². The van der Waals surface area contributed by atoms with E-state index in [4.69, 9.17) is 9.52 Å². The molecule has 0 spiro atoms. The first-order chi connectivity index (χ1) is 6.53. The Morgan fingerprint density at radius 3 is 2.71 bits per heavy atom. The number of nitrogens with one attached hydrogen (secondary N) is 1. The lowest BCUT2D eigenvalue weighted by Gasteiger charge is -2.24. The Labute approximate surface area is 92.6 Å². The van der Waals surface area contributed by atoms with Crippen molar-refractivity contribution in [2.45, 2.75) is 32.4 Å². The number of rotatable bonds is 5. The Morgan fingerprint density at radius 1 is 1.50 bits per heavy atom. The maximum atomic E-state index is 8.83. The highest BCUT2D eigenvalue weighted by Gasteiger charge is 2.16. The third-order valence-electron chi connectivity index (χ3n) is 2.11. The molecule has 80 valence electrons. The molecule has 1 aromatic rings. The highest BCUT2D eigenvalue weighted by molar-refractivity contribution is 9.10. The molecule has 0 aliphatic rings. The van der Waals surface area contributed by atoms with E-state index < -0.39 is 0 Å². The molecule has 14 heavy (non-hydrogen) atoms. The van der Waals surface area contributed by atoms with Gasteiger partial charge in [0, 0.05) is 12.1 Å². The Balaban J connectivity index is 2.40. The van der Waals surface area contributed by atoms with Crippen LogP contribution in [0.15, 0.2) is 21.2 Å². The summed E-state index contributed by atoms with van der Waals surface area (Å²) in [5, 5.41) is 12.1. The van der Waals surface area contributed by atoms with Crippen molar-refractivity contribution in [3.05, 3.63) is 22.6 Å². The van der Waals surface area contributed by atoms with E-state index in [0.29, 0.717) is 6.54 Å². The minimum absolute atomic E-state index is 0.0615. The highest BCUT2D eigenvalue weighted by Crippen LogP contribution is 2.15. The van der Waals surface area contributed by atoms with Gasteiger partial charge in [0.15, 0.2) is 4.67 Å². The van der Waals surface area contributed by atoms with Gasteiger partial charge in [-0.1, -0.05) is 0 Å². The molecule has 0 saturated carbocycles. The van der Waals surface area contributed by atoms with Crippen molar-refractivity contribution >= 4 is 15.9 Å². The van der Waals surface area contributed by atoms with Crippen LogP contribution in [0.2, 0.25) is 0 Å². The van der Waals surface area contributed by atoms with Crippen LogP contribution < -0.4 is 5.32 Å². The topological polar surface area (TPSA) is 45.4 Å². The summed E-state index contributed by atoms with van der Waals surface area (Å²) in [6.45, 7) is 4.99. The van der Waals surface area contributed by atoms with Crippen molar-refractivity contribution in [1.82, 2.24) is 5.32 Å². The summed E-state index contributed by atoms with van der Waals surface area (Å²) in [4.78, 5) is 0. The lowest BCUT2D eigenvalue weighted by Crippen LogP contribution is -2.39. The van der Waals surface area contributed by atoms with Gasteiger partial charge in [-0.2, -0.15) is 0 Å². The zero-order chi connectivity index (χ0) is 10.6. The van der Waals surface area contributed by atoms with Crippen molar-refractivity contribution < 1.29 is 9.52 Å². The number of hydrogen-bond acceptors (Lipinski definition) is 3. The molecule has 0 fully saturated rings. The minimum atomic E-state index is -0.0615. The van der Waals surface area contributed by atoms with Crippen LogP contribution in [0.25, 0.3) is 0 Å². The van der Waals surface area contributed by atoms with Gasteiger partial charge in [0.05, 0.1) is 6.54 Å². The molecule has 0 amide bonds. The van der Waals surface area contributed by atoms with E-state index in [0.717, 1.165) is 16.9 Å². The van der Waals surface area contributed by atoms with Crippen LogP contribution in [-0.4, -0.2) is 17.3 Å². The van der Waals surface area contributed by atoms with Crippen LogP contribution in [0.3, 0.4) is 0 Å². The molecule has 0 bridgehead atoms. The SMILES string of the molecule is CC(C)(CCO)NCc1ccc(Br)o1. The summed E-state index contributed by atoms with van der Waals surface area (Å²) in [5.41, 5.74) is -0.0615. The van der Waals surface area contributed by atoms with Crippen molar-refractivity contribution in [2.75, 3.05) is 6.61 Å². The molecule has 1 rings (SSSR count). The van der Waals surface area contributed by atoms with Gasteiger partial charge in [0.25, 0.3) is 0 Å². The molecule has 0 atom stereocenters. The van der Waals surface area contributed by atoms with Crippen LogP contribution >= 0.6 is 15.9 Å². The maximum Gasteiger partial charge on any atom is 0.169 e. The second-order valence-corrected chi connectivity index (χ2v) is 4.70. The molecule has 0 aromatic carbocycles. The molecule has 3 nitrogen and oxygen atoms in total. The molecule has 0 aliphatic heterocycles. The van der Waals surface area contributed by atoms with Gasteiger partial charge in [-0.3, -0.25) is 0 Å². The van der Waals surface area contributed by atoms with Gasteiger partial charge in [0.1, 0.15) is 5.76 Å². The lowest BCUT2D eigenvalue weighted by molar-refractivity contribution is 0.227. The number of aliphatic hydroxyl groups excluding tert-OH is 1. The van der Waals surface area contributed by atoms with Crippen LogP contribution in [0.4, 0.5) is 0 Å². The predicted octanol–water partition coefficient (Wildman–Crippen LogP) is 2.29. The van der Waals surface area contributed by atoms with E-state index in [1.807, 2.05) is 12.1 Å². The molecule has 0 saturated heterocycles. The standard InChI is InChI=1S/C10H16BrNO2/c1-10(2,5-6-13)12-7-8-3-4-9(11)14-8/h3-4,12-13H,5-7H2,1-2H3. The molecule has 0 radical (unpaired) electrons. The molecule has 0 aliphatic carbocycles. The smallest absolute Gasteiger partial charge is 0.169 e. The minimum Gasteiger partial charge on any atom is -0.453 e. The van der Waals surface area contributed by atoms with Crippen molar-refractivity contribution in [1.29, 1.82) is 0 Å². The first-order valence-electron chi connectivity index (χ1n) is 4.63. The zero-order valence-electron chi connectivity index (χ0n) is 8.51. The van der Waals surface area contributed by atoms with E-state index in [9.17, 15) is 0 Å². The van der Waals surface area contributed by atoms with Crippen molar-refractivity contribution in [3.8, 4) is 0 Å². The average Bonchev–Trinajstić information content (AvgIpc) is 2.48. The summed E-state index contributed by atoms with van der Waals surface area (Å²) in [6.07, 6.45) is 0.731. The van der Waals surface area contributed by atoms with Crippen molar-refractivity contribution in [2.24, 2.45) is 0 Å². The second kappa shape index (κ2) is 4.96. The quantitative estimate of drug-likeness (QED) is 0.855. The number of aliphatic hydroxyl groups is 1.